The van der Waals surface area contributed by atoms with Crippen LogP contribution in [0.25, 0.3) is 10.8 Å². The number of benzene rings is 2. The van der Waals surface area contributed by atoms with Gasteiger partial charge in [-0.3, -0.25) is 4.98 Å². The number of rotatable bonds is 2. The molecule has 0 aliphatic heterocycles. The van der Waals surface area contributed by atoms with Crippen LogP contribution in [-0.4, -0.2) is 4.98 Å². The molecule has 0 aliphatic rings. The first-order valence-electron chi connectivity index (χ1n) is 6.21. The Morgan fingerprint density at radius 3 is 2.70 bits per heavy atom. The molecule has 0 fully saturated rings. The molecule has 1 unspecified atom stereocenters. The van der Waals surface area contributed by atoms with Crippen molar-refractivity contribution in [1.82, 2.24) is 4.98 Å². The molecule has 3 rings (SSSR count). The maximum absolute atomic E-state index is 14.2. The van der Waals surface area contributed by atoms with Crippen LogP contribution in [0, 0.1) is 5.82 Å². The topological polar surface area (TPSA) is 38.9 Å². The number of hydrogen-bond acceptors (Lipinski definition) is 2. The minimum Gasteiger partial charge on any atom is -0.319 e. The molecule has 2 aromatic carbocycles. The lowest BCUT2D eigenvalue weighted by Crippen LogP contribution is -2.15. The van der Waals surface area contributed by atoms with Gasteiger partial charge in [-0.2, -0.15) is 0 Å². The van der Waals surface area contributed by atoms with Crippen LogP contribution in [0.15, 0.2) is 59.2 Å². The summed E-state index contributed by atoms with van der Waals surface area (Å²) >= 11 is 3.19. The third-order valence-corrected chi connectivity index (χ3v) is 3.93. The quantitative estimate of drug-likeness (QED) is 0.765. The molecule has 1 heterocycles. The highest BCUT2D eigenvalue weighted by molar-refractivity contribution is 9.10. The van der Waals surface area contributed by atoms with Gasteiger partial charge in [0.1, 0.15) is 5.82 Å². The highest BCUT2D eigenvalue weighted by Crippen LogP contribution is 2.29. The van der Waals surface area contributed by atoms with E-state index in [2.05, 4.69) is 20.9 Å². The molecule has 0 saturated carbocycles. The summed E-state index contributed by atoms with van der Waals surface area (Å²) in [4.78, 5) is 4.35. The van der Waals surface area contributed by atoms with Gasteiger partial charge in [0.2, 0.25) is 0 Å². The van der Waals surface area contributed by atoms with Crippen molar-refractivity contribution in [2.75, 3.05) is 0 Å². The fraction of sp³-hybridized carbons (Fsp3) is 0.0625. The lowest BCUT2D eigenvalue weighted by molar-refractivity contribution is 0.591. The molecular weight excluding hydrogens is 319 g/mol. The van der Waals surface area contributed by atoms with Crippen LogP contribution in [0.1, 0.15) is 17.3 Å². The molecule has 0 saturated heterocycles. The van der Waals surface area contributed by atoms with Crippen molar-refractivity contribution in [3.05, 3.63) is 76.3 Å². The molecule has 1 atom stereocenters. The summed E-state index contributed by atoms with van der Waals surface area (Å²) in [5.41, 5.74) is 7.34. The predicted octanol–water partition coefficient (Wildman–Crippen LogP) is 4.18. The SMILES string of the molecule is NC(c1cccc(Br)c1F)c1nccc2ccccc12. The van der Waals surface area contributed by atoms with E-state index in [-0.39, 0.29) is 5.82 Å². The summed E-state index contributed by atoms with van der Waals surface area (Å²) in [6.45, 7) is 0. The zero-order valence-corrected chi connectivity index (χ0v) is 12.1. The van der Waals surface area contributed by atoms with Crippen LogP contribution in [0.4, 0.5) is 4.39 Å². The number of fused-ring (bicyclic) bond motifs is 1. The van der Waals surface area contributed by atoms with Gasteiger partial charge in [0.15, 0.2) is 0 Å². The summed E-state index contributed by atoms with van der Waals surface area (Å²) < 4.78 is 14.6. The zero-order valence-electron chi connectivity index (χ0n) is 10.6. The van der Waals surface area contributed by atoms with Gasteiger partial charge in [0, 0.05) is 17.1 Å². The summed E-state index contributed by atoms with van der Waals surface area (Å²) in [7, 11) is 0. The van der Waals surface area contributed by atoms with E-state index in [1.54, 1.807) is 24.4 Å². The molecule has 0 bridgehead atoms. The van der Waals surface area contributed by atoms with Crippen molar-refractivity contribution in [1.29, 1.82) is 0 Å². The first-order valence-corrected chi connectivity index (χ1v) is 7.01. The van der Waals surface area contributed by atoms with Crippen molar-refractivity contribution >= 4 is 26.7 Å². The number of nitrogens with two attached hydrogens (primary N) is 1. The summed E-state index contributed by atoms with van der Waals surface area (Å²) in [5, 5.41) is 1.99. The first kappa shape index (κ1) is 13.2. The molecular formula is C16H12BrFN2. The van der Waals surface area contributed by atoms with Gasteiger partial charge in [-0.1, -0.05) is 36.4 Å². The van der Waals surface area contributed by atoms with E-state index in [1.165, 1.54) is 0 Å². The van der Waals surface area contributed by atoms with Gasteiger partial charge in [-0.05, 0) is 33.4 Å². The number of nitrogens with zero attached hydrogens (tertiary/aromatic N) is 1. The maximum atomic E-state index is 14.2. The Kier molecular flexibility index (Phi) is 3.51. The van der Waals surface area contributed by atoms with Gasteiger partial charge >= 0.3 is 0 Å². The van der Waals surface area contributed by atoms with Crippen molar-refractivity contribution in [2.24, 2.45) is 5.73 Å². The van der Waals surface area contributed by atoms with Crippen molar-refractivity contribution in [3.63, 3.8) is 0 Å². The molecule has 0 radical (unpaired) electrons. The van der Waals surface area contributed by atoms with E-state index < -0.39 is 6.04 Å². The van der Waals surface area contributed by atoms with Gasteiger partial charge in [0.25, 0.3) is 0 Å². The number of halogens is 2. The largest absolute Gasteiger partial charge is 0.319 e. The molecule has 0 amide bonds. The van der Waals surface area contributed by atoms with E-state index in [4.69, 9.17) is 5.73 Å². The summed E-state index contributed by atoms with van der Waals surface area (Å²) in [6.07, 6.45) is 1.70. The highest BCUT2D eigenvalue weighted by Gasteiger charge is 2.18. The van der Waals surface area contributed by atoms with Crippen LogP contribution >= 0.6 is 15.9 Å². The minimum atomic E-state index is -0.599. The lowest BCUT2D eigenvalue weighted by atomic mass is 9.99. The molecule has 1 aromatic heterocycles. The molecule has 3 aromatic rings. The van der Waals surface area contributed by atoms with Gasteiger partial charge in [-0.15, -0.1) is 0 Å². The Balaban J connectivity index is 2.18. The second-order valence-corrected chi connectivity index (χ2v) is 5.39. The zero-order chi connectivity index (χ0) is 14.1. The average Bonchev–Trinajstić information content (AvgIpc) is 2.49. The van der Waals surface area contributed by atoms with Crippen molar-refractivity contribution < 1.29 is 4.39 Å². The molecule has 2 nitrogen and oxygen atoms in total. The molecule has 4 heteroatoms. The van der Waals surface area contributed by atoms with E-state index in [0.717, 1.165) is 10.8 Å². The highest BCUT2D eigenvalue weighted by atomic mass is 79.9. The third kappa shape index (κ3) is 2.21. The predicted molar refractivity (Wildman–Crippen MR) is 81.9 cm³/mol. The molecule has 0 aliphatic carbocycles. The summed E-state index contributed by atoms with van der Waals surface area (Å²) in [6, 6.07) is 14.3. The Morgan fingerprint density at radius 2 is 1.85 bits per heavy atom. The molecule has 2 N–H and O–H groups in total. The molecule has 0 spiro atoms. The summed E-state index contributed by atoms with van der Waals surface area (Å²) in [5.74, 6) is -0.338. The molecule has 20 heavy (non-hydrogen) atoms. The Bertz CT molecular complexity index is 768. The van der Waals surface area contributed by atoms with Gasteiger partial charge in [-0.25, -0.2) is 4.39 Å². The second-order valence-electron chi connectivity index (χ2n) is 4.54. The number of pyridine rings is 1. The Labute approximate surface area is 124 Å². The number of hydrogen-bond donors (Lipinski definition) is 1. The van der Waals surface area contributed by atoms with Crippen molar-refractivity contribution in [3.8, 4) is 0 Å². The molecule has 100 valence electrons. The van der Waals surface area contributed by atoms with Crippen LogP contribution in [0.5, 0.6) is 0 Å². The van der Waals surface area contributed by atoms with Crippen LogP contribution in [0.3, 0.4) is 0 Å². The smallest absolute Gasteiger partial charge is 0.142 e. The standard InChI is InChI=1S/C16H12BrFN2/c17-13-7-3-6-12(14(13)18)15(19)16-11-5-2-1-4-10(11)8-9-20-16/h1-9,15H,19H2. The Hall–Kier alpha value is -1.78. The normalized spacial score (nSPS) is 12.6. The monoisotopic (exact) mass is 330 g/mol. The van der Waals surface area contributed by atoms with Crippen LogP contribution < -0.4 is 5.73 Å². The minimum absolute atomic E-state index is 0.338. The lowest BCUT2D eigenvalue weighted by Gasteiger charge is -2.15. The van der Waals surface area contributed by atoms with E-state index in [0.29, 0.717) is 15.7 Å². The van der Waals surface area contributed by atoms with Gasteiger partial charge in [0.05, 0.1) is 16.2 Å². The Morgan fingerprint density at radius 1 is 1.05 bits per heavy atom. The van der Waals surface area contributed by atoms with E-state index in [9.17, 15) is 4.39 Å². The van der Waals surface area contributed by atoms with E-state index >= 15 is 0 Å². The number of aromatic nitrogens is 1. The first-order chi connectivity index (χ1) is 9.68. The third-order valence-electron chi connectivity index (χ3n) is 3.32. The van der Waals surface area contributed by atoms with Gasteiger partial charge < -0.3 is 5.73 Å². The van der Waals surface area contributed by atoms with Crippen molar-refractivity contribution in [2.45, 2.75) is 6.04 Å². The fourth-order valence-corrected chi connectivity index (χ4v) is 2.68. The van der Waals surface area contributed by atoms with Crippen LogP contribution in [0.2, 0.25) is 0 Å². The fourth-order valence-electron chi connectivity index (χ4n) is 2.30. The van der Waals surface area contributed by atoms with Crippen LogP contribution in [-0.2, 0) is 0 Å². The maximum Gasteiger partial charge on any atom is 0.142 e. The average molecular weight is 331 g/mol. The van der Waals surface area contributed by atoms with E-state index in [1.807, 2.05) is 30.3 Å². The second kappa shape index (κ2) is 5.31.